The molecule has 0 radical (unpaired) electrons. The van der Waals surface area contributed by atoms with E-state index in [1.165, 1.54) is 0 Å². The third-order valence-corrected chi connectivity index (χ3v) is 5.47. The van der Waals surface area contributed by atoms with E-state index in [0.29, 0.717) is 6.04 Å². The van der Waals surface area contributed by atoms with E-state index in [9.17, 15) is 0 Å². The number of hydrogen-bond acceptors (Lipinski definition) is 1. The Balaban J connectivity index is 1.71. The summed E-state index contributed by atoms with van der Waals surface area (Å²) in [6, 6.07) is 1.39. The molecular formula is C15H27N. The van der Waals surface area contributed by atoms with E-state index in [0.717, 1.165) is 35.6 Å². The molecule has 0 aromatic heterocycles. The predicted molar refractivity (Wildman–Crippen MR) is 68.3 cm³/mol. The molecule has 4 bridgehead atoms. The molecule has 1 unspecified atom stereocenters. The molecule has 0 saturated heterocycles. The first-order valence-electron chi connectivity index (χ1n) is 7.39. The molecule has 4 aliphatic carbocycles. The number of rotatable bonds is 3. The van der Waals surface area contributed by atoms with Crippen molar-refractivity contribution in [3.8, 4) is 0 Å². The molecule has 92 valence electrons. The van der Waals surface area contributed by atoms with Gasteiger partial charge in [-0.05, 0) is 68.6 Å². The van der Waals surface area contributed by atoms with E-state index in [2.05, 4.69) is 26.1 Å². The van der Waals surface area contributed by atoms with Gasteiger partial charge < -0.3 is 5.32 Å². The predicted octanol–water partition coefficient (Wildman–Crippen LogP) is 3.45. The van der Waals surface area contributed by atoms with Crippen LogP contribution in [-0.4, -0.2) is 12.1 Å². The Hall–Kier alpha value is -0.0400. The summed E-state index contributed by atoms with van der Waals surface area (Å²) in [5.41, 5.74) is 0. The molecule has 0 spiro atoms. The van der Waals surface area contributed by atoms with E-state index in [1.54, 1.807) is 32.1 Å². The Morgan fingerprint density at radius 1 is 0.812 bits per heavy atom. The SMILES string of the molecule is CC(C)NC(C)C1C2CC3CC(C2)CC1C3. The maximum atomic E-state index is 3.77. The Kier molecular flexibility index (Phi) is 2.78. The highest BCUT2D eigenvalue weighted by Crippen LogP contribution is 2.57. The van der Waals surface area contributed by atoms with Crippen molar-refractivity contribution in [1.29, 1.82) is 0 Å². The van der Waals surface area contributed by atoms with Crippen molar-refractivity contribution in [1.82, 2.24) is 5.32 Å². The molecule has 0 aliphatic heterocycles. The van der Waals surface area contributed by atoms with Crippen molar-refractivity contribution in [3.05, 3.63) is 0 Å². The van der Waals surface area contributed by atoms with Gasteiger partial charge >= 0.3 is 0 Å². The molecule has 0 amide bonds. The van der Waals surface area contributed by atoms with Gasteiger partial charge in [0, 0.05) is 12.1 Å². The molecule has 4 rings (SSSR count). The molecule has 4 aliphatic rings. The van der Waals surface area contributed by atoms with Gasteiger partial charge in [0.2, 0.25) is 0 Å². The van der Waals surface area contributed by atoms with Gasteiger partial charge in [-0.25, -0.2) is 0 Å². The summed E-state index contributed by atoms with van der Waals surface area (Å²) in [6.45, 7) is 7.01. The lowest BCUT2D eigenvalue weighted by Gasteiger charge is -2.56. The third kappa shape index (κ3) is 1.81. The van der Waals surface area contributed by atoms with Crippen LogP contribution in [0.2, 0.25) is 0 Å². The van der Waals surface area contributed by atoms with Crippen LogP contribution in [0.15, 0.2) is 0 Å². The summed E-state index contributed by atoms with van der Waals surface area (Å²) in [5.74, 6) is 5.36. The van der Waals surface area contributed by atoms with E-state index >= 15 is 0 Å². The molecule has 4 saturated carbocycles. The summed E-state index contributed by atoms with van der Waals surface area (Å²) in [4.78, 5) is 0. The van der Waals surface area contributed by atoms with Crippen LogP contribution < -0.4 is 5.32 Å². The van der Waals surface area contributed by atoms with Crippen molar-refractivity contribution in [2.24, 2.45) is 29.6 Å². The summed E-state index contributed by atoms with van der Waals surface area (Å²) in [6.07, 6.45) is 7.80. The van der Waals surface area contributed by atoms with Gasteiger partial charge in [0.1, 0.15) is 0 Å². The molecule has 0 aromatic carbocycles. The third-order valence-electron chi connectivity index (χ3n) is 5.47. The highest BCUT2D eigenvalue weighted by Gasteiger charge is 2.49. The van der Waals surface area contributed by atoms with Gasteiger partial charge in [-0.2, -0.15) is 0 Å². The van der Waals surface area contributed by atoms with Gasteiger partial charge in [-0.1, -0.05) is 13.8 Å². The minimum Gasteiger partial charge on any atom is -0.312 e. The molecule has 0 heterocycles. The minimum absolute atomic E-state index is 0.646. The second-order valence-electron chi connectivity index (χ2n) is 7.12. The smallest absolute Gasteiger partial charge is 0.00746 e. The monoisotopic (exact) mass is 221 g/mol. The zero-order chi connectivity index (χ0) is 11.3. The van der Waals surface area contributed by atoms with Crippen LogP contribution in [0.5, 0.6) is 0 Å². The molecule has 1 nitrogen and oxygen atoms in total. The lowest BCUT2D eigenvalue weighted by atomic mass is 9.50. The van der Waals surface area contributed by atoms with Crippen molar-refractivity contribution in [3.63, 3.8) is 0 Å². The molecule has 0 aromatic rings. The van der Waals surface area contributed by atoms with Crippen LogP contribution in [0.25, 0.3) is 0 Å². The average molecular weight is 221 g/mol. The fourth-order valence-corrected chi connectivity index (χ4v) is 5.42. The van der Waals surface area contributed by atoms with Gasteiger partial charge in [0.05, 0.1) is 0 Å². The summed E-state index contributed by atoms with van der Waals surface area (Å²) >= 11 is 0. The van der Waals surface area contributed by atoms with Crippen LogP contribution in [0, 0.1) is 29.6 Å². The number of hydrogen-bond donors (Lipinski definition) is 1. The molecule has 1 N–H and O–H groups in total. The second-order valence-corrected chi connectivity index (χ2v) is 7.12. The van der Waals surface area contributed by atoms with Crippen LogP contribution in [0.3, 0.4) is 0 Å². The maximum Gasteiger partial charge on any atom is 0.00746 e. The first kappa shape index (κ1) is 11.1. The lowest BCUT2D eigenvalue weighted by Crippen LogP contribution is -2.53. The summed E-state index contributed by atoms with van der Waals surface area (Å²) in [5, 5.41) is 3.77. The first-order valence-corrected chi connectivity index (χ1v) is 7.39. The Bertz CT molecular complexity index is 230. The van der Waals surface area contributed by atoms with Gasteiger partial charge in [0.25, 0.3) is 0 Å². The highest BCUT2D eigenvalue weighted by atomic mass is 14.9. The van der Waals surface area contributed by atoms with Crippen molar-refractivity contribution >= 4 is 0 Å². The molecular weight excluding hydrogens is 194 g/mol. The maximum absolute atomic E-state index is 3.77. The summed E-state index contributed by atoms with van der Waals surface area (Å²) in [7, 11) is 0. The molecule has 1 atom stereocenters. The lowest BCUT2D eigenvalue weighted by molar-refractivity contribution is -0.0501. The van der Waals surface area contributed by atoms with Crippen LogP contribution in [-0.2, 0) is 0 Å². The van der Waals surface area contributed by atoms with E-state index in [1.807, 2.05) is 0 Å². The Morgan fingerprint density at radius 3 is 1.75 bits per heavy atom. The molecule has 16 heavy (non-hydrogen) atoms. The summed E-state index contributed by atoms with van der Waals surface area (Å²) < 4.78 is 0. The standard InChI is InChI=1S/C15H27N/c1-9(2)16-10(3)15-13-5-11-4-12(7-13)8-14(15)6-11/h9-16H,4-8H2,1-3H3. The van der Waals surface area contributed by atoms with Crippen molar-refractivity contribution < 1.29 is 0 Å². The zero-order valence-corrected chi connectivity index (χ0v) is 11.1. The van der Waals surface area contributed by atoms with Gasteiger partial charge in [0.15, 0.2) is 0 Å². The van der Waals surface area contributed by atoms with E-state index in [-0.39, 0.29) is 0 Å². The average Bonchev–Trinajstić information content (AvgIpc) is 2.13. The first-order chi connectivity index (χ1) is 7.63. The Morgan fingerprint density at radius 2 is 1.31 bits per heavy atom. The zero-order valence-electron chi connectivity index (χ0n) is 11.1. The van der Waals surface area contributed by atoms with Crippen LogP contribution in [0.1, 0.15) is 52.9 Å². The largest absolute Gasteiger partial charge is 0.312 e. The van der Waals surface area contributed by atoms with Crippen molar-refractivity contribution in [2.75, 3.05) is 0 Å². The topological polar surface area (TPSA) is 12.0 Å². The second kappa shape index (κ2) is 4.01. The van der Waals surface area contributed by atoms with Gasteiger partial charge in [-0.15, -0.1) is 0 Å². The highest BCUT2D eigenvalue weighted by molar-refractivity contribution is 5.00. The van der Waals surface area contributed by atoms with E-state index < -0.39 is 0 Å². The fraction of sp³-hybridized carbons (Fsp3) is 1.00. The number of nitrogens with one attached hydrogen (secondary N) is 1. The molecule has 4 fully saturated rings. The van der Waals surface area contributed by atoms with Crippen LogP contribution >= 0.6 is 0 Å². The fourth-order valence-electron chi connectivity index (χ4n) is 5.42. The van der Waals surface area contributed by atoms with E-state index in [4.69, 9.17) is 0 Å². The van der Waals surface area contributed by atoms with Gasteiger partial charge in [-0.3, -0.25) is 0 Å². The van der Waals surface area contributed by atoms with Crippen LogP contribution in [0.4, 0.5) is 0 Å². The quantitative estimate of drug-likeness (QED) is 0.770. The minimum atomic E-state index is 0.646. The normalized spacial score (nSPS) is 47.6. The Labute approximate surface area is 100 Å². The van der Waals surface area contributed by atoms with Crippen molar-refractivity contribution in [2.45, 2.75) is 65.0 Å². The molecule has 1 heteroatoms.